The third-order valence-corrected chi connectivity index (χ3v) is 1.00. The van der Waals surface area contributed by atoms with Gasteiger partial charge in [-0.15, -0.1) is 24.8 Å². The minimum atomic E-state index is 0. The highest BCUT2D eigenvalue weighted by Crippen LogP contribution is 1.96. The fourth-order valence-electron chi connectivity index (χ4n) is 0. The molecule has 0 aromatic rings. The van der Waals surface area contributed by atoms with Crippen LogP contribution in [-0.2, 0) is 0 Å². The lowest BCUT2D eigenvalue weighted by Crippen LogP contribution is -1.66. The van der Waals surface area contributed by atoms with E-state index in [9.17, 15) is 0 Å². The van der Waals surface area contributed by atoms with Gasteiger partial charge in [-0.05, 0) is 27.7 Å². The van der Waals surface area contributed by atoms with Crippen LogP contribution in [0.4, 0.5) is 0 Å². The average molecular weight is 157 g/mol. The van der Waals surface area contributed by atoms with E-state index in [0.717, 1.165) is 0 Å². The van der Waals surface area contributed by atoms with Crippen molar-refractivity contribution in [1.82, 2.24) is 0 Å². The molecule has 8 heavy (non-hydrogen) atoms. The van der Waals surface area contributed by atoms with Gasteiger partial charge >= 0.3 is 0 Å². The predicted molar refractivity (Wildman–Crippen MR) is 44.2 cm³/mol. The minimum absolute atomic E-state index is 0. The zero-order valence-corrected chi connectivity index (χ0v) is 7.45. The molecule has 0 radical (unpaired) electrons. The van der Waals surface area contributed by atoms with Crippen LogP contribution in [0.15, 0.2) is 11.1 Å². The minimum Gasteiger partial charge on any atom is -0.147 e. The van der Waals surface area contributed by atoms with Crippen molar-refractivity contribution in [1.29, 1.82) is 0 Å². The van der Waals surface area contributed by atoms with Crippen molar-refractivity contribution in [3.05, 3.63) is 11.1 Å². The van der Waals surface area contributed by atoms with Gasteiger partial charge in [-0.25, -0.2) is 0 Å². The van der Waals surface area contributed by atoms with Crippen molar-refractivity contribution >= 4 is 24.8 Å². The maximum atomic E-state index is 2.12. The van der Waals surface area contributed by atoms with Crippen LogP contribution in [0.1, 0.15) is 27.7 Å². The maximum Gasteiger partial charge on any atom is -0.0440 e. The van der Waals surface area contributed by atoms with E-state index in [1.165, 1.54) is 11.1 Å². The van der Waals surface area contributed by atoms with Crippen LogP contribution in [0.25, 0.3) is 0 Å². The molecule has 0 aliphatic heterocycles. The molecule has 0 saturated heterocycles. The molecule has 0 unspecified atom stereocenters. The van der Waals surface area contributed by atoms with Crippen LogP contribution < -0.4 is 0 Å². The Morgan fingerprint density at radius 3 is 0.750 bits per heavy atom. The van der Waals surface area contributed by atoms with Gasteiger partial charge in [0, 0.05) is 0 Å². The van der Waals surface area contributed by atoms with Crippen molar-refractivity contribution in [3.8, 4) is 0 Å². The number of halogens is 2. The first-order valence-electron chi connectivity index (χ1n) is 2.25. The summed E-state index contributed by atoms with van der Waals surface area (Å²) in [5, 5.41) is 0. The van der Waals surface area contributed by atoms with Gasteiger partial charge in [0.1, 0.15) is 0 Å². The van der Waals surface area contributed by atoms with E-state index in [4.69, 9.17) is 0 Å². The second-order valence-corrected chi connectivity index (χ2v) is 2.00. The first-order chi connectivity index (χ1) is 2.64. The van der Waals surface area contributed by atoms with E-state index < -0.39 is 0 Å². The molecule has 0 amide bonds. The summed E-state index contributed by atoms with van der Waals surface area (Å²) in [6, 6.07) is 0. The third-order valence-electron chi connectivity index (χ3n) is 1.00. The largest absolute Gasteiger partial charge is 0.147 e. The molecule has 0 aromatic heterocycles. The standard InChI is InChI=1S/C6H12.2ClH/c1-5(2)6(3)4;;/h1-4H3;2*1H. The van der Waals surface area contributed by atoms with Gasteiger partial charge < -0.3 is 0 Å². The molecular formula is C6H14Cl2. The van der Waals surface area contributed by atoms with E-state index in [1.54, 1.807) is 0 Å². The molecule has 0 fully saturated rings. The summed E-state index contributed by atoms with van der Waals surface area (Å²) in [4.78, 5) is 0. The Morgan fingerprint density at radius 1 is 0.625 bits per heavy atom. The highest BCUT2D eigenvalue weighted by Gasteiger charge is 1.75. The lowest BCUT2D eigenvalue weighted by molar-refractivity contribution is 1.23. The van der Waals surface area contributed by atoms with Crippen molar-refractivity contribution in [3.63, 3.8) is 0 Å². The number of allylic oxidation sites excluding steroid dienone is 2. The molecule has 0 N–H and O–H groups in total. The fraction of sp³-hybridized carbons (Fsp3) is 0.667. The SMILES string of the molecule is CC(C)=C(C)C.Cl.Cl. The average Bonchev–Trinajstić information content (AvgIpc) is 1.36. The zero-order chi connectivity index (χ0) is 5.15. The van der Waals surface area contributed by atoms with E-state index in [0.29, 0.717) is 0 Å². The lowest BCUT2D eigenvalue weighted by atomic mass is 10.2. The van der Waals surface area contributed by atoms with Crippen molar-refractivity contribution in [2.75, 3.05) is 0 Å². The van der Waals surface area contributed by atoms with E-state index in [2.05, 4.69) is 27.7 Å². The highest BCUT2D eigenvalue weighted by molar-refractivity contribution is 5.85. The Kier molecular flexibility index (Phi) is 14.4. The van der Waals surface area contributed by atoms with Gasteiger partial charge in [0.2, 0.25) is 0 Å². The third kappa shape index (κ3) is 9.58. The summed E-state index contributed by atoms with van der Waals surface area (Å²) in [7, 11) is 0. The molecule has 0 aliphatic carbocycles. The molecule has 0 nitrogen and oxygen atoms in total. The van der Waals surface area contributed by atoms with Gasteiger partial charge in [0.05, 0.1) is 0 Å². The van der Waals surface area contributed by atoms with Gasteiger partial charge in [-0.2, -0.15) is 0 Å². The fourth-order valence-corrected chi connectivity index (χ4v) is 0. The van der Waals surface area contributed by atoms with Gasteiger partial charge in [-0.1, -0.05) is 11.1 Å². The molecule has 0 rings (SSSR count). The monoisotopic (exact) mass is 156 g/mol. The predicted octanol–water partition coefficient (Wildman–Crippen LogP) is 3.21. The molecule has 0 bridgehead atoms. The number of hydrogen-bond acceptors (Lipinski definition) is 0. The van der Waals surface area contributed by atoms with Crippen LogP contribution in [-0.4, -0.2) is 0 Å². The van der Waals surface area contributed by atoms with Crippen LogP contribution in [0.5, 0.6) is 0 Å². The van der Waals surface area contributed by atoms with Gasteiger partial charge in [0.15, 0.2) is 0 Å². The molecule has 52 valence electrons. The Labute approximate surface area is 64.2 Å². The number of rotatable bonds is 0. The van der Waals surface area contributed by atoms with Gasteiger partial charge in [-0.3, -0.25) is 0 Å². The Bertz CT molecular complexity index is 56.6. The van der Waals surface area contributed by atoms with Crippen molar-refractivity contribution in [2.45, 2.75) is 27.7 Å². The molecule has 0 aromatic carbocycles. The summed E-state index contributed by atoms with van der Waals surface area (Å²) in [6.45, 7) is 8.48. The van der Waals surface area contributed by atoms with Crippen LogP contribution in [0.3, 0.4) is 0 Å². The van der Waals surface area contributed by atoms with Crippen LogP contribution in [0, 0.1) is 0 Å². The van der Waals surface area contributed by atoms with Crippen molar-refractivity contribution in [2.24, 2.45) is 0 Å². The maximum absolute atomic E-state index is 2.12. The molecule has 0 aliphatic rings. The van der Waals surface area contributed by atoms with E-state index >= 15 is 0 Å². The summed E-state index contributed by atoms with van der Waals surface area (Å²) in [5.74, 6) is 0. The second kappa shape index (κ2) is 7.32. The van der Waals surface area contributed by atoms with Crippen LogP contribution in [0.2, 0.25) is 0 Å². The highest BCUT2D eigenvalue weighted by atomic mass is 35.5. The lowest BCUT2D eigenvalue weighted by Gasteiger charge is -1.88. The summed E-state index contributed by atoms with van der Waals surface area (Å²) >= 11 is 0. The Balaban J connectivity index is -0.000000125. The smallest absolute Gasteiger partial charge is 0.0440 e. The summed E-state index contributed by atoms with van der Waals surface area (Å²) in [6.07, 6.45) is 0. The quantitative estimate of drug-likeness (QED) is 0.473. The molecule has 0 spiro atoms. The molecule has 2 heteroatoms. The molecular weight excluding hydrogens is 143 g/mol. The number of hydrogen-bond donors (Lipinski definition) is 0. The molecule has 0 atom stereocenters. The first kappa shape index (κ1) is 15.8. The topological polar surface area (TPSA) is 0 Å². The van der Waals surface area contributed by atoms with Crippen molar-refractivity contribution < 1.29 is 0 Å². The Morgan fingerprint density at radius 2 is 0.750 bits per heavy atom. The summed E-state index contributed by atoms with van der Waals surface area (Å²) < 4.78 is 0. The molecule has 0 saturated carbocycles. The zero-order valence-electron chi connectivity index (χ0n) is 5.82. The molecule has 0 heterocycles. The Hall–Kier alpha value is 0.320. The normalized spacial score (nSPS) is 6.00. The van der Waals surface area contributed by atoms with E-state index in [-0.39, 0.29) is 24.8 Å². The van der Waals surface area contributed by atoms with E-state index in [1.807, 2.05) is 0 Å². The first-order valence-corrected chi connectivity index (χ1v) is 2.25. The van der Waals surface area contributed by atoms with Crippen LogP contribution >= 0.6 is 24.8 Å². The second-order valence-electron chi connectivity index (χ2n) is 2.00. The summed E-state index contributed by atoms with van der Waals surface area (Å²) in [5.41, 5.74) is 2.85. The van der Waals surface area contributed by atoms with Gasteiger partial charge in [0.25, 0.3) is 0 Å².